The first-order chi connectivity index (χ1) is 49.6. The van der Waals surface area contributed by atoms with Crippen LogP contribution in [0.3, 0.4) is 0 Å². The first-order valence-corrected chi connectivity index (χ1v) is 35.5. The van der Waals surface area contributed by atoms with Gasteiger partial charge in [-0.05, 0) is 141 Å². The Bertz CT molecular complexity index is 3740. The molecule has 2 heterocycles. The number of unbranched alkanes of at least 4 members (excludes halogenated alkanes) is 2. The molecule has 0 aliphatic carbocycles. The zero-order chi connectivity index (χ0) is 76.0. The number of urea groups is 1. The number of hydrogen-bond donors (Lipinski definition) is 15. The molecule has 570 valence electrons. The molecular formula is C74H101Cl2N15O14. The molecule has 0 bridgehead atoms. The number of nitrogens with one attached hydrogen (secondary N) is 11. The summed E-state index contributed by atoms with van der Waals surface area (Å²) < 4.78 is 0. The lowest BCUT2D eigenvalue weighted by Crippen LogP contribution is -2.61. The summed E-state index contributed by atoms with van der Waals surface area (Å²) in [7, 11) is 0. The average molecular weight is 1500 g/mol. The Morgan fingerprint density at radius 3 is 1.58 bits per heavy atom. The van der Waals surface area contributed by atoms with E-state index >= 15 is 0 Å². The van der Waals surface area contributed by atoms with Gasteiger partial charge in [0.2, 0.25) is 65.0 Å². The fourth-order valence-electron chi connectivity index (χ4n) is 11.9. The molecule has 13 amide bonds. The summed E-state index contributed by atoms with van der Waals surface area (Å²) in [5, 5.41) is 53.5. The highest BCUT2D eigenvalue weighted by Gasteiger charge is 2.40. The van der Waals surface area contributed by atoms with E-state index in [9.17, 15) is 67.7 Å². The van der Waals surface area contributed by atoms with Gasteiger partial charge in [0.05, 0.1) is 6.61 Å². The highest BCUT2D eigenvalue weighted by atomic mass is 35.5. The van der Waals surface area contributed by atoms with E-state index in [2.05, 4.69) is 63.5 Å². The summed E-state index contributed by atoms with van der Waals surface area (Å²) in [6.45, 7) is 10.1. The van der Waals surface area contributed by atoms with Crippen LogP contribution in [-0.4, -0.2) is 184 Å². The molecule has 0 radical (unpaired) electrons. The standard InChI is InChI=1S/C74H100ClN15O14.ClH/c1-43(2)35-57(66(96)84-56(19-10-11-32-79-44(3)4)73(103)90-34-14-20-63(90)72(102)81-45(5)64(76)94)85-65(95)55(18-9-12-33-80-74(77)104)83-68(98)59(38-48-24-29-54(93)30-25-48)88-71(101)62(42-91)89-70(100)61(40-50-15-13-31-78-41-50)87-69(99)60(37-47-22-27-53(75)28-23-47)86-67(97)58(82-46(6)92)39-49-21-26-51-16-7-8-17-52(51)36-49;/h7-8,13,15-17,21-31,36,41,43-45,55-63,79,91,93H,9-12,14,18-20,32-35,37-40,42H2,1-6H3,(H2,76,94)(H,81,102)(H,82,92)(H,83,98)(H,84,96)(H,85,95)(H,86,97)(H,87,99)(H,88,101)(H,89,100)(H3,77,80,104);1H/t45-,55-,56+,57-,58-,59+,60-,61-,62+,63+;/m1./s1. The van der Waals surface area contributed by atoms with E-state index in [0.29, 0.717) is 53.1 Å². The largest absolute Gasteiger partial charge is 0.508 e. The van der Waals surface area contributed by atoms with Crippen molar-refractivity contribution in [2.45, 2.75) is 191 Å². The third-order valence-electron chi connectivity index (χ3n) is 17.5. The summed E-state index contributed by atoms with van der Waals surface area (Å²) in [4.78, 5) is 173. The maximum Gasteiger partial charge on any atom is 0.312 e. The van der Waals surface area contributed by atoms with Crippen LogP contribution in [0.5, 0.6) is 5.75 Å². The first kappa shape index (κ1) is 85.7. The Kier molecular flexibility index (Phi) is 35.4. The van der Waals surface area contributed by atoms with Gasteiger partial charge in [0.25, 0.3) is 0 Å². The maximum atomic E-state index is 15.0. The number of aliphatic hydroxyl groups excluding tert-OH is 1. The highest BCUT2D eigenvalue weighted by molar-refractivity contribution is 6.30. The van der Waals surface area contributed by atoms with Crippen LogP contribution in [0.25, 0.3) is 10.8 Å². The fraction of sp³-hybridized carbons (Fsp3) is 0.473. The predicted molar refractivity (Wildman–Crippen MR) is 397 cm³/mol. The van der Waals surface area contributed by atoms with Gasteiger partial charge < -0.3 is 85.1 Å². The average Bonchev–Trinajstić information content (AvgIpc) is 1.73. The normalized spacial score (nSPS) is 15.1. The molecule has 31 heteroatoms. The minimum atomic E-state index is -1.83. The van der Waals surface area contributed by atoms with Crippen LogP contribution >= 0.6 is 24.0 Å². The summed E-state index contributed by atoms with van der Waals surface area (Å²) in [5.41, 5.74) is 12.8. The van der Waals surface area contributed by atoms with Gasteiger partial charge in [-0.1, -0.05) is 112 Å². The molecular weight excluding hydrogens is 1390 g/mol. The van der Waals surface area contributed by atoms with Gasteiger partial charge in [-0.2, -0.15) is 0 Å². The molecule has 10 atom stereocenters. The van der Waals surface area contributed by atoms with E-state index in [1.807, 2.05) is 56.3 Å². The molecule has 17 N–H and O–H groups in total. The number of nitrogens with two attached hydrogens (primary N) is 2. The Morgan fingerprint density at radius 2 is 1.03 bits per heavy atom. The first-order valence-electron chi connectivity index (χ1n) is 35.1. The van der Waals surface area contributed by atoms with Gasteiger partial charge in [-0.25, -0.2) is 4.79 Å². The number of fused-ring (bicyclic) bond motifs is 1. The number of aromatic hydroxyl groups is 1. The third-order valence-corrected chi connectivity index (χ3v) is 17.7. The number of likely N-dealkylation sites (tertiary alicyclic amines) is 1. The monoisotopic (exact) mass is 1490 g/mol. The van der Waals surface area contributed by atoms with Gasteiger partial charge in [0, 0.05) is 69.2 Å². The lowest BCUT2D eigenvalue weighted by atomic mass is 9.99. The number of carbonyl (C=O) groups excluding carboxylic acids is 12. The predicted octanol–water partition coefficient (Wildman–Crippen LogP) is 2.21. The molecule has 1 aliphatic rings. The van der Waals surface area contributed by atoms with Gasteiger partial charge in [0.1, 0.15) is 66.2 Å². The van der Waals surface area contributed by atoms with Crippen molar-refractivity contribution >= 4 is 106 Å². The van der Waals surface area contributed by atoms with Crippen LogP contribution in [0, 0.1) is 5.92 Å². The Balaban J connectivity index is 0.0000198. The number of phenols is 1. The minimum absolute atomic E-state index is 0. The number of nitrogens with zero attached hydrogens (tertiary/aromatic N) is 2. The van der Waals surface area contributed by atoms with Crippen LogP contribution in [0.15, 0.2) is 116 Å². The zero-order valence-electron chi connectivity index (χ0n) is 60.0. The number of rotatable bonds is 41. The van der Waals surface area contributed by atoms with Crippen LogP contribution < -0.4 is 70.0 Å². The van der Waals surface area contributed by atoms with Crippen molar-refractivity contribution in [3.63, 3.8) is 0 Å². The second-order valence-corrected chi connectivity index (χ2v) is 27.3. The molecule has 6 rings (SSSR count). The van der Waals surface area contributed by atoms with E-state index in [1.54, 1.807) is 50.2 Å². The molecule has 1 aliphatic heterocycles. The number of benzene rings is 4. The number of phenolic OH excluding ortho intramolecular Hbond substituents is 1. The lowest BCUT2D eigenvalue weighted by Gasteiger charge is -2.31. The molecule has 1 saturated heterocycles. The molecule has 0 spiro atoms. The third kappa shape index (κ3) is 28.9. The molecule has 5 aromatic rings. The summed E-state index contributed by atoms with van der Waals surface area (Å²) in [6.07, 6.45) is 4.59. The smallest absolute Gasteiger partial charge is 0.312 e. The summed E-state index contributed by atoms with van der Waals surface area (Å²) in [6, 6.07) is 14.4. The molecule has 0 unspecified atom stereocenters. The van der Waals surface area contributed by atoms with E-state index in [-0.39, 0.29) is 107 Å². The number of amides is 13. The van der Waals surface area contributed by atoms with Crippen molar-refractivity contribution in [3.05, 3.63) is 143 Å². The second kappa shape index (κ2) is 43.3. The molecule has 1 fully saturated rings. The molecule has 29 nitrogen and oxygen atoms in total. The van der Waals surface area contributed by atoms with Crippen molar-refractivity contribution in [2.75, 3.05) is 26.2 Å². The van der Waals surface area contributed by atoms with Gasteiger partial charge >= 0.3 is 6.03 Å². The van der Waals surface area contributed by atoms with Gasteiger partial charge in [-0.3, -0.25) is 57.7 Å². The number of pyridine rings is 1. The maximum absolute atomic E-state index is 15.0. The Morgan fingerprint density at radius 1 is 0.543 bits per heavy atom. The number of aliphatic hydroxyl groups is 1. The van der Waals surface area contributed by atoms with Crippen LogP contribution in [0.4, 0.5) is 4.79 Å². The number of hydrogen-bond acceptors (Lipinski definition) is 16. The second-order valence-electron chi connectivity index (χ2n) is 26.9. The minimum Gasteiger partial charge on any atom is -0.508 e. The van der Waals surface area contributed by atoms with Crippen LogP contribution in [0.2, 0.25) is 5.02 Å². The lowest BCUT2D eigenvalue weighted by molar-refractivity contribution is -0.142. The van der Waals surface area contributed by atoms with E-state index < -0.39 is 138 Å². The number of primary amides is 2. The topological polar surface area (TPSA) is 446 Å². The van der Waals surface area contributed by atoms with Crippen molar-refractivity contribution in [3.8, 4) is 5.75 Å². The Hall–Kier alpha value is -9.97. The van der Waals surface area contributed by atoms with Crippen molar-refractivity contribution in [1.82, 2.24) is 68.4 Å². The van der Waals surface area contributed by atoms with Crippen LogP contribution in [0.1, 0.15) is 122 Å². The quantitative estimate of drug-likeness (QED) is 0.0250. The van der Waals surface area contributed by atoms with Crippen molar-refractivity contribution in [1.29, 1.82) is 0 Å². The SMILES string of the molecule is CC(=O)N[C@H](Cc1ccc2ccccc2c1)C(=O)N[C@H](Cc1ccc(Cl)cc1)C(=O)N[C@H](Cc1cccnc1)C(=O)N[C@@H](CO)C(=O)N[C@@H](Cc1ccc(O)cc1)C(=O)N[C@H](CCCCNC(N)=O)C(=O)N[C@H](CC(C)C)C(=O)N[C@@H](CCCCNC(C)C)C(=O)N1CCC[C@H]1C(=O)N[C@H](C)C(N)=O.Cl. The summed E-state index contributed by atoms with van der Waals surface area (Å²) in [5.74, 6) is -9.07. The molecule has 105 heavy (non-hydrogen) atoms. The number of aromatic nitrogens is 1. The van der Waals surface area contributed by atoms with E-state index in [4.69, 9.17) is 23.1 Å². The van der Waals surface area contributed by atoms with E-state index in [0.717, 1.165) is 10.8 Å². The van der Waals surface area contributed by atoms with Crippen molar-refractivity contribution in [2.24, 2.45) is 17.4 Å². The van der Waals surface area contributed by atoms with Gasteiger partial charge in [0.15, 0.2) is 0 Å². The fourth-order valence-corrected chi connectivity index (χ4v) is 12.1. The zero-order valence-corrected chi connectivity index (χ0v) is 61.6. The molecule has 1 aromatic heterocycles. The van der Waals surface area contributed by atoms with Crippen LogP contribution in [-0.2, 0) is 78.4 Å². The summed E-state index contributed by atoms with van der Waals surface area (Å²) >= 11 is 6.24. The van der Waals surface area contributed by atoms with E-state index in [1.165, 1.54) is 55.4 Å². The molecule has 4 aromatic carbocycles. The number of carbonyl (C=O) groups is 12. The highest BCUT2D eigenvalue weighted by Crippen LogP contribution is 2.23. The van der Waals surface area contributed by atoms with Gasteiger partial charge in [-0.15, -0.1) is 12.4 Å². The van der Waals surface area contributed by atoms with Crippen molar-refractivity contribution < 1.29 is 67.7 Å². The number of halogens is 2. The molecule has 0 saturated carbocycles. The Labute approximate surface area is 622 Å².